The minimum Gasteiger partial charge on any atom is -0.147 e. The molecule has 0 nitrogen and oxygen atoms in total. The third-order valence-electron chi connectivity index (χ3n) is 6.38. The van der Waals surface area contributed by atoms with E-state index in [9.17, 15) is 0 Å². The third kappa shape index (κ3) is 4.58. The fourth-order valence-electron chi connectivity index (χ4n) is 4.87. The maximum absolute atomic E-state index is 2.74. The van der Waals surface area contributed by atoms with Gasteiger partial charge in [0, 0.05) is 0 Å². The molecular weight excluding hydrogens is 450 g/mol. The molecule has 0 saturated carbocycles. The average molecular weight is 482 g/mol. The van der Waals surface area contributed by atoms with Gasteiger partial charge in [0.1, 0.15) is 0 Å². The van der Waals surface area contributed by atoms with Crippen LogP contribution < -0.4 is 0 Å². The number of hydrogen-bond donors (Lipinski definition) is 0. The van der Waals surface area contributed by atoms with Gasteiger partial charge in [-0.2, -0.15) is 0 Å². The van der Waals surface area contributed by atoms with Crippen molar-refractivity contribution in [3.8, 4) is 0 Å². The summed E-state index contributed by atoms with van der Waals surface area (Å²) in [7, 11) is 0. The molecule has 1 aromatic carbocycles. The predicted molar refractivity (Wildman–Crippen MR) is 121 cm³/mol. The number of rotatable bonds is 4. The fraction of sp³-hybridized carbons (Fsp3) is 0.375. The van der Waals surface area contributed by atoms with E-state index in [4.69, 9.17) is 0 Å². The van der Waals surface area contributed by atoms with Crippen molar-refractivity contribution in [3.05, 3.63) is 80.2 Å². The van der Waals surface area contributed by atoms with E-state index >= 15 is 0 Å². The summed E-state index contributed by atoms with van der Waals surface area (Å²) in [6.07, 6.45) is 17.9. The van der Waals surface area contributed by atoms with Crippen molar-refractivity contribution in [1.29, 1.82) is 0 Å². The number of benzene rings is 1. The van der Waals surface area contributed by atoms with Gasteiger partial charge in [-0.15, -0.1) is 24.8 Å². The maximum atomic E-state index is 2.74. The predicted octanol–water partition coefficient (Wildman–Crippen LogP) is 7.74. The summed E-state index contributed by atoms with van der Waals surface area (Å²) in [5.41, 5.74) is 6.48. The Morgan fingerprint density at radius 1 is 1.07 bits per heavy atom. The van der Waals surface area contributed by atoms with Crippen LogP contribution in [0.25, 0.3) is 0 Å². The van der Waals surface area contributed by atoms with Crippen molar-refractivity contribution < 1.29 is 19.8 Å². The van der Waals surface area contributed by atoms with Crippen LogP contribution >= 0.6 is 24.8 Å². The summed E-state index contributed by atoms with van der Waals surface area (Å²) >= 11 is -2.68. The van der Waals surface area contributed by atoms with Crippen molar-refractivity contribution in [2.45, 2.75) is 53.7 Å². The van der Waals surface area contributed by atoms with Crippen molar-refractivity contribution in [2.75, 3.05) is 0 Å². The van der Waals surface area contributed by atoms with Gasteiger partial charge in [-0.25, -0.2) is 0 Å². The van der Waals surface area contributed by atoms with E-state index in [0.29, 0.717) is 0 Å². The Morgan fingerprint density at radius 2 is 1.81 bits per heavy atom. The van der Waals surface area contributed by atoms with Crippen molar-refractivity contribution in [1.82, 2.24) is 0 Å². The first-order chi connectivity index (χ1) is 12.2. The van der Waals surface area contributed by atoms with Crippen LogP contribution in [0.3, 0.4) is 0 Å². The summed E-state index contributed by atoms with van der Waals surface area (Å²) in [5, 5.41) is 0. The van der Waals surface area contributed by atoms with Crippen LogP contribution in [0, 0.1) is 0 Å². The Hall–Kier alpha value is -0.487. The summed E-state index contributed by atoms with van der Waals surface area (Å²) < 4.78 is 7.95. The van der Waals surface area contributed by atoms with Gasteiger partial charge < -0.3 is 0 Å². The zero-order valence-corrected chi connectivity index (χ0v) is 20.5. The van der Waals surface area contributed by atoms with Gasteiger partial charge in [0.2, 0.25) is 0 Å². The number of allylic oxidation sites excluding steroid dienone is 8. The summed E-state index contributed by atoms with van der Waals surface area (Å²) in [6, 6.07) is 11.1. The first kappa shape index (κ1) is 22.8. The molecule has 0 amide bonds. The molecule has 0 fully saturated rings. The van der Waals surface area contributed by atoms with Crippen LogP contribution in [-0.4, -0.2) is 3.71 Å². The second-order valence-corrected chi connectivity index (χ2v) is 18.1. The van der Waals surface area contributed by atoms with Gasteiger partial charge in [0.15, 0.2) is 0 Å². The van der Waals surface area contributed by atoms with Gasteiger partial charge in [-0.05, 0) is 0 Å². The molecule has 0 aromatic heterocycles. The summed E-state index contributed by atoms with van der Waals surface area (Å²) in [6.45, 7) is 2.29. The zero-order chi connectivity index (χ0) is 17.3. The summed E-state index contributed by atoms with van der Waals surface area (Å²) in [4.78, 5) is 0. The van der Waals surface area contributed by atoms with Crippen LogP contribution in [-0.2, 0) is 19.8 Å². The molecule has 0 bridgehead atoms. The second-order valence-electron chi connectivity index (χ2n) is 7.94. The maximum Gasteiger partial charge on any atom is -0.147 e. The molecule has 0 heterocycles. The smallest absolute Gasteiger partial charge is 0.147 e. The molecule has 0 saturated heterocycles. The fourth-order valence-corrected chi connectivity index (χ4v) is 15.3. The Balaban J connectivity index is 0.00000131. The molecule has 0 radical (unpaired) electrons. The van der Waals surface area contributed by atoms with E-state index in [-0.39, 0.29) is 24.8 Å². The minimum atomic E-state index is -2.68. The molecule has 2 unspecified atom stereocenters. The van der Waals surface area contributed by atoms with E-state index in [1.54, 1.807) is 14.4 Å². The normalized spacial score (nSPS) is 22.8. The molecular formula is C24H31Cl2Zr. The molecule has 3 heteroatoms. The van der Waals surface area contributed by atoms with E-state index in [1.807, 2.05) is 5.57 Å². The molecule has 0 N–H and O–H groups in total. The topological polar surface area (TPSA) is 0 Å². The van der Waals surface area contributed by atoms with E-state index in [2.05, 4.69) is 69.9 Å². The molecule has 1 aromatic rings. The van der Waals surface area contributed by atoms with Gasteiger partial charge in [0.05, 0.1) is 0 Å². The Kier molecular flexibility index (Phi) is 8.29. The van der Waals surface area contributed by atoms with Crippen molar-refractivity contribution in [3.63, 3.8) is 0 Å². The first-order valence-corrected chi connectivity index (χ1v) is 16.4. The zero-order valence-electron chi connectivity index (χ0n) is 16.4. The molecule has 3 aliphatic carbocycles. The first-order valence-electron chi connectivity index (χ1n) is 9.92. The van der Waals surface area contributed by atoms with Crippen LogP contribution in [0.4, 0.5) is 0 Å². The van der Waals surface area contributed by atoms with Gasteiger partial charge in [-0.1, -0.05) is 0 Å². The van der Waals surface area contributed by atoms with Crippen molar-refractivity contribution in [2.24, 2.45) is 0 Å². The molecule has 4 rings (SSSR count). The number of halogens is 2. The van der Waals surface area contributed by atoms with E-state index in [1.165, 1.54) is 44.1 Å². The Morgan fingerprint density at radius 3 is 2.52 bits per heavy atom. The Bertz CT molecular complexity index is 840. The van der Waals surface area contributed by atoms with Gasteiger partial charge in [0.25, 0.3) is 0 Å². The van der Waals surface area contributed by atoms with Gasteiger partial charge >= 0.3 is 157 Å². The molecule has 27 heavy (non-hydrogen) atoms. The third-order valence-corrected chi connectivity index (χ3v) is 17.4. The standard InChI is InChI=1S/C9H11.C7H6.C7H9.CH3.2ClH.Zr/c1-2-5-9-7-3-6-8(9)4-1;1-7-5-3-2-4-6-7;1-2-7-5-3-4-6-7;;;;/h3,6-7H,1-2,4-5H2;1-6H;5-6H,2-3H2,1H3;1H3;2*1H;. The van der Waals surface area contributed by atoms with Crippen LogP contribution in [0.5, 0.6) is 0 Å². The largest absolute Gasteiger partial charge is 0.147 e. The Labute approximate surface area is 181 Å². The van der Waals surface area contributed by atoms with E-state index < -0.39 is 19.8 Å². The monoisotopic (exact) mass is 479 g/mol. The molecule has 0 aliphatic heterocycles. The van der Waals surface area contributed by atoms with Gasteiger partial charge in [-0.3, -0.25) is 0 Å². The van der Waals surface area contributed by atoms with Crippen LogP contribution in [0.1, 0.15) is 51.0 Å². The van der Waals surface area contributed by atoms with Crippen molar-refractivity contribution >= 4 is 28.5 Å². The van der Waals surface area contributed by atoms with E-state index in [0.717, 1.165) is 3.63 Å². The number of hydrogen-bond acceptors (Lipinski definition) is 0. The molecule has 3 aliphatic rings. The van der Waals surface area contributed by atoms with Crippen LogP contribution in [0.2, 0.25) is 8.26 Å². The molecule has 0 spiro atoms. The summed E-state index contributed by atoms with van der Waals surface area (Å²) in [5.74, 6) is 0. The average Bonchev–Trinajstić information content (AvgIpc) is 3.30. The second kappa shape index (κ2) is 9.82. The minimum absolute atomic E-state index is 0. The quantitative estimate of drug-likeness (QED) is 0.413. The molecule has 2 atom stereocenters. The van der Waals surface area contributed by atoms with Crippen LogP contribution in [0.15, 0.2) is 74.6 Å². The molecule has 145 valence electrons. The SMILES string of the molecule is CCC1=CC[C]([Zr]([CH3])(=[CH]c2ccccc2)[CH]2C=CC3=C2CCCC3)=C1.Cl.Cl.